The summed E-state index contributed by atoms with van der Waals surface area (Å²) >= 11 is 0. The third-order valence-electron chi connectivity index (χ3n) is 1.66. The van der Waals surface area contributed by atoms with Crippen LogP contribution in [0.2, 0.25) is 0 Å². The first-order chi connectivity index (χ1) is 7.97. The molecule has 7 heteroatoms. The van der Waals surface area contributed by atoms with Gasteiger partial charge in [-0.2, -0.15) is 0 Å². The zero-order chi connectivity index (χ0) is 13.7. The molecule has 0 rings (SSSR count). The first kappa shape index (κ1) is 17.9. The van der Waals surface area contributed by atoms with E-state index in [1.807, 2.05) is 0 Å². The molecule has 0 radical (unpaired) electrons. The number of carbonyl (C=O) groups is 2. The van der Waals surface area contributed by atoms with Crippen LogP contribution < -0.4 is 0 Å². The van der Waals surface area contributed by atoms with E-state index in [4.69, 9.17) is 25.5 Å². The lowest BCUT2D eigenvalue weighted by molar-refractivity contribution is -0.134. The van der Waals surface area contributed by atoms with Gasteiger partial charge in [-0.1, -0.05) is 0 Å². The van der Waals surface area contributed by atoms with Gasteiger partial charge in [0.2, 0.25) is 0 Å². The van der Waals surface area contributed by atoms with Crippen molar-refractivity contribution in [3.63, 3.8) is 0 Å². The Balaban J connectivity index is 0. The average molecular weight is 250 g/mol. The Bertz CT molecular complexity index is 217. The molecule has 0 amide bonds. The summed E-state index contributed by atoms with van der Waals surface area (Å²) in [5.41, 5.74) is 0. The maximum atomic E-state index is 9.55. The lowest BCUT2D eigenvalue weighted by Gasteiger charge is -2.07. The van der Waals surface area contributed by atoms with Gasteiger partial charge in [-0.15, -0.1) is 0 Å². The van der Waals surface area contributed by atoms with Crippen molar-refractivity contribution in [1.82, 2.24) is 0 Å². The Labute approximate surface area is 98.6 Å². The van der Waals surface area contributed by atoms with Gasteiger partial charge in [0.25, 0.3) is 0 Å². The predicted octanol–water partition coefficient (Wildman–Crippen LogP) is -0.928. The molecule has 5 N–H and O–H groups in total. The van der Waals surface area contributed by atoms with Crippen LogP contribution in [-0.2, 0) is 9.59 Å². The summed E-state index contributed by atoms with van der Waals surface area (Å²) in [6.45, 7) is 0.156. The number of hydrogen-bond acceptors (Lipinski definition) is 5. The van der Waals surface area contributed by atoms with Crippen LogP contribution in [0.5, 0.6) is 0 Å². The zero-order valence-corrected chi connectivity index (χ0v) is 9.32. The molecule has 0 heterocycles. The van der Waals surface area contributed by atoms with E-state index in [0.29, 0.717) is 25.0 Å². The fourth-order valence-corrected chi connectivity index (χ4v) is 0.763. The maximum Gasteiger partial charge on any atom is 0.328 e. The van der Waals surface area contributed by atoms with E-state index in [1.54, 1.807) is 0 Å². The molecule has 0 aliphatic rings. The van der Waals surface area contributed by atoms with Gasteiger partial charge in [0, 0.05) is 37.9 Å². The highest BCUT2D eigenvalue weighted by molar-refractivity contribution is 5.89. The molecule has 0 saturated heterocycles. The smallest absolute Gasteiger partial charge is 0.328 e. The van der Waals surface area contributed by atoms with Crippen LogP contribution in [0.1, 0.15) is 12.8 Å². The topological polar surface area (TPSA) is 135 Å². The van der Waals surface area contributed by atoms with Crippen LogP contribution in [0.15, 0.2) is 12.2 Å². The Morgan fingerprint density at radius 1 is 0.941 bits per heavy atom. The number of rotatable bonds is 7. The van der Waals surface area contributed by atoms with Gasteiger partial charge < -0.3 is 25.5 Å². The van der Waals surface area contributed by atoms with Crippen LogP contribution in [0.25, 0.3) is 0 Å². The standard InChI is InChI=1S/C6H14O3.C4H4O4/c7-3-1-2-6(4-8)5-9;5-3(6)1-2-4(7)8/h6-9H,1-5H2;1-2H,(H,5,6)(H,7,8)/b;2-1+. The SMILES string of the molecule is O=C(O)/C=C/C(=O)O.OCCCC(CO)CO. The molecule has 7 nitrogen and oxygen atoms in total. The fraction of sp³-hybridized carbons (Fsp3) is 0.600. The van der Waals surface area contributed by atoms with Crippen molar-refractivity contribution in [1.29, 1.82) is 0 Å². The molecular formula is C10H18O7. The summed E-state index contributed by atoms with van der Waals surface area (Å²) in [6.07, 6.45) is 2.47. The van der Waals surface area contributed by atoms with Gasteiger partial charge >= 0.3 is 11.9 Å². The molecule has 0 aromatic carbocycles. The molecular weight excluding hydrogens is 232 g/mol. The quantitative estimate of drug-likeness (QED) is 0.368. The van der Waals surface area contributed by atoms with Gasteiger partial charge in [-0.25, -0.2) is 9.59 Å². The van der Waals surface area contributed by atoms with Gasteiger partial charge in [0.1, 0.15) is 0 Å². The minimum absolute atomic E-state index is 0.0104. The van der Waals surface area contributed by atoms with Crippen molar-refractivity contribution in [2.75, 3.05) is 19.8 Å². The summed E-state index contributed by atoms with van der Waals surface area (Å²) in [5.74, 6) is -2.56. The monoisotopic (exact) mass is 250 g/mol. The minimum Gasteiger partial charge on any atom is -0.478 e. The predicted molar refractivity (Wildman–Crippen MR) is 58.4 cm³/mol. The molecule has 0 fully saturated rings. The van der Waals surface area contributed by atoms with Crippen LogP contribution in [0, 0.1) is 5.92 Å². The third-order valence-corrected chi connectivity index (χ3v) is 1.66. The average Bonchev–Trinajstić information content (AvgIpc) is 2.29. The van der Waals surface area contributed by atoms with Crippen molar-refractivity contribution < 1.29 is 35.1 Å². The molecule has 0 saturated carbocycles. The molecule has 0 spiro atoms. The third kappa shape index (κ3) is 17.2. The van der Waals surface area contributed by atoms with Crippen molar-refractivity contribution in [2.24, 2.45) is 5.92 Å². The summed E-state index contributed by atoms with van der Waals surface area (Å²) in [5, 5.41) is 41.0. The number of aliphatic hydroxyl groups is 3. The van der Waals surface area contributed by atoms with Crippen molar-refractivity contribution >= 4 is 11.9 Å². The summed E-state index contributed by atoms with van der Waals surface area (Å²) in [7, 11) is 0. The second-order valence-electron chi connectivity index (χ2n) is 3.11. The zero-order valence-electron chi connectivity index (χ0n) is 9.32. The summed E-state index contributed by atoms with van der Waals surface area (Å²) < 4.78 is 0. The van der Waals surface area contributed by atoms with Crippen LogP contribution in [0.4, 0.5) is 0 Å². The molecule has 17 heavy (non-hydrogen) atoms. The van der Waals surface area contributed by atoms with E-state index < -0.39 is 11.9 Å². The highest BCUT2D eigenvalue weighted by atomic mass is 16.4. The molecule has 0 aliphatic carbocycles. The summed E-state index contributed by atoms with van der Waals surface area (Å²) in [6, 6.07) is 0. The van der Waals surface area contributed by atoms with Crippen LogP contribution in [-0.4, -0.2) is 57.3 Å². The van der Waals surface area contributed by atoms with Crippen LogP contribution >= 0.6 is 0 Å². The van der Waals surface area contributed by atoms with E-state index in [-0.39, 0.29) is 25.7 Å². The van der Waals surface area contributed by atoms with Crippen molar-refractivity contribution in [3.05, 3.63) is 12.2 Å². The number of carboxylic acid groups (broad SMARTS) is 2. The van der Waals surface area contributed by atoms with E-state index >= 15 is 0 Å². The van der Waals surface area contributed by atoms with E-state index in [9.17, 15) is 9.59 Å². The van der Waals surface area contributed by atoms with Gasteiger partial charge in [-0.05, 0) is 12.8 Å². The number of carboxylic acids is 2. The molecule has 0 atom stereocenters. The molecule has 0 bridgehead atoms. The molecule has 0 unspecified atom stereocenters. The van der Waals surface area contributed by atoms with Gasteiger partial charge in [0.05, 0.1) is 0 Å². The Hall–Kier alpha value is -1.44. The molecule has 0 aromatic rings. The Morgan fingerprint density at radius 3 is 1.59 bits per heavy atom. The number of aliphatic hydroxyl groups excluding tert-OH is 3. The van der Waals surface area contributed by atoms with E-state index in [1.165, 1.54) is 0 Å². The van der Waals surface area contributed by atoms with Crippen molar-refractivity contribution in [2.45, 2.75) is 12.8 Å². The van der Waals surface area contributed by atoms with E-state index in [0.717, 1.165) is 0 Å². The molecule has 0 aliphatic heterocycles. The van der Waals surface area contributed by atoms with Gasteiger partial charge in [0.15, 0.2) is 0 Å². The minimum atomic E-state index is -1.26. The summed E-state index contributed by atoms with van der Waals surface area (Å²) in [4.78, 5) is 19.1. The molecule has 0 aromatic heterocycles. The first-order valence-electron chi connectivity index (χ1n) is 4.94. The second-order valence-corrected chi connectivity index (χ2v) is 3.11. The maximum absolute atomic E-state index is 9.55. The van der Waals surface area contributed by atoms with Crippen LogP contribution in [0.3, 0.4) is 0 Å². The Morgan fingerprint density at radius 2 is 1.35 bits per heavy atom. The number of hydrogen-bond donors (Lipinski definition) is 5. The van der Waals surface area contributed by atoms with Crippen molar-refractivity contribution in [3.8, 4) is 0 Å². The lowest BCUT2D eigenvalue weighted by Crippen LogP contribution is -2.11. The highest BCUT2D eigenvalue weighted by Crippen LogP contribution is 2.02. The number of aliphatic carboxylic acids is 2. The lowest BCUT2D eigenvalue weighted by atomic mass is 10.1. The second kappa shape index (κ2) is 12.6. The van der Waals surface area contributed by atoms with E-state index in [2.05, 4.69) is 0 Å². The highest BCUT2D eigenvalue weighted by Gasteiger charge is 2.03. The molecule has 100 valence electrons. The van der Waals surface area contributed by atoms with Gasteiger partial charge in [-0.3, -0.25) is 0 Å². The first-order valence-corrected chi connectivity index (χ1v) is 4.94. The Kier molecular flexibility index (Phi) is 13.3. The largest absolute Gasteiger partial charge is 0.478 e. The normalized spacial score (nSPS) is 10.1. The fourth-order valence-electron chi connectivity index (χ4n) is 0.763.